The van der Waals surface area contributed by atoms with Crippen LogP contribution in [0.25, 0.3) is 0 Å². The SMILES string of the molecule is O=C(NCc1ccccn1)c1ccc(NCCc2cccc(Cl)c2)cn1. The minimum Gasteiger partial charge on any atom is -0.383 e. The van der Waals surface area contributed by atoms with Crippen molar-refractivity contribution in [2.75, 3.05) is 11.9 Å². The molecule has 1 amide bonds. The van der Waals surface area contributed by atoms with Crippen molar-refractivity contribution >= 4 is 23.2 Å². The molecule has 6 heteroatoms. The molecule has 132 valence electrons. The molecule has 0 spiro atoms. The molecule has 0 aliphatic heterocycles. The van der Waals surface area contributed by atoms with Crippen LogP contribution in [-0.2, 0) is 13.0 Å². The van der Waals surface area contributed by atoms with Crippen molar-refractivity contribution in [3.8, 4) is 0 Å². The Kier molecular flexibility index (Phi) is 6.17. The molecule has 0 saturated heterocycles. The van der Waals surface area contributed by atoms with Crippen LogP contribution in [-0.4, -0.2) is 22.4 Å². The minimum absolute atomic E-state index is 0.221. The predicted molar refractivity (Wildman–Crippen MR) is 103 cm³/mol. The first-order chi connectivity index (χ1) is 12.7. The summed E-state index contributed by atoms with van der Waals surface area (Å²) < 4.78 is 0. The molecule has 5 nitrogen and oxygen atoms in total. The van der Waals surface area contributed by atoms with Crippen LogP contribution in [0.5, 0.6) is 0 Å². The summed E-state index contributed by atoms with van der Waals surface area (Å²) >= 11 is 5.98. The molecule has 0 aliphatic rings. The van der Waals surface area contributed by atoms with Crippen LogP contribution >= 0.6 is 11.6 Å². The zero-order chi connectivity index (χ0) is 18.2. The van der Waals surface area contributed by atoms with Crippen molar-refractivity contribution in [2.45, 2.75) is 13.0 Å². The molecule has 2 aromatic heterocycles. The van der Waals surface area contributed by atoms with E-state index in [0.29, 0.717) is 12.2 Å². The molecule has 0 saturated carbocycles. The van der Waals surface area contributed by atoms with Gasteiger partial charge in [-0.2, -0.15) is 0 Å². The van der Waals surface area contributed by atoms with Crippen LogP contribution in [0.15, 0.2) is 67.0 Å². The summed E-state index contributed by atoms with van der Waals surface area (Å²) in [6.07, 6.45) is 4.21. The van der Waals surface area contributed by atoms with Gasteiger partial charge in [0.1, 0.15) is 5.69 Å². The second-order valence-electron chi connectivity index (χ2n) is 5.74. The fourth-order valence-corrected chi connectivity index (χ4v) is 2.65. The number of hydrogen-bond acceptors (Lipinski definition) is 4. The number of halogens is 1. The van der Waals surface area contributed by atoms with Crippen LogP contribution in [0.3, 0.4) is 0 Å². The molecular formula is C20H19ClN4O. The maximum Gasteiger partial charge on any atom is 0.270 e. The Morgan fingerprint density at radius 1 is 1.04 bits per heavy atom. The molecule has 3 rings (SSSR count). The number of carbonyl (C=O) groups excluding carboxylic acids is 1. The van der Waals surface area contributed by atoms with Crippen molar-refractivity contribution in [3.05, 3.63) is 89.0 Å². The smallest absolute Gasteiger partial charge is 0.270 e. The highest BCUT2D eigenvalue weighted by atomic mass is 35.5. The number of aromatic nitrogens is 2. The average molecular weight is 367 g/mol. The average Bonchev–Trinajstić information content (AvgIpc) is 2.67. The van der Waals surface area contributed by atoms with Crippen molar-refractivity contribution in [1.29, 1.82) is 0 Å². The topological polar surface area (TPSA) is 66.9 Å². The molecule has 0 bridgehead atoms. The van der Waals surface area contributed by atoms with E-state index in [4.69, 9.17) is 11.6 Å². The van der Waals surface area contributed by atoms with E-state index in [1.54, 1.807) is 18.5 Å². The van der Waals surface area contributed by atoms with Gasteiger partial charge in [-0.05, 0) is 48.4 Å². The van der Waals surface area contributed by atoms with E-state index in [-0.39, 0.29) is 5.91 Å². The van der Waals surface area contributed by atoms with E-state index in [1.165, 1.54) is 5.56 Å². The third kappa shape index (κ3) is 5.29. The number of nitrogens with zero attached hydrogens (tertiary/aromatic N) is 2. The van der Waals surface area contributed by atoms with Crippen molar-refractivity contribution in [1.82, 2.24) is 15.3 Å². The second-order valence-corrected chi connectivity index (χ2v) is 6.18. The number of rotatable bonds is 7. The Balaban J connectivity index is 1.47. The van der Waals surface area contributed by atoms with Crippen LogP contribution in [0, 0.1) is 0 Å². The highest BCUT2D eigenvalue weighted by molar-refractivity contribution is 6.30. The maximum absolute atomic E-state index is 12.1. The van der Waals surface area contributed by atoms with Gasteiger partial charge in [0.2, 0.25) is 0 Å². The van der Waals surface area contributed by atoms with Gasteiger partial charge in [0.15, 0.2) is 0 Å². The lowest BCUT2D eigenvalue weighted by Crippen LogP contribution is -2.24. The molecule has 0 unspecified atom stereocenters. The Labute approximate surface area is 157 Å². The van der Waals surface area contributed by atoms with E-state index in [2.05, 4.69) is 20.6 Å². The first-order valence-corrected chi connectivity index (χ1v) is 8.71. The standard InChI is InChI=1S/C20H19ClN4O/c21-16-5-3-4-15(12-16)9-11-23-18-7-8-19(24-13-18)20(26)25-14-17-6-1-2-10-22-17/h1-8,10,12-13,23H,9,11,14H2,(H,25,26). The fourth-order valence-electron chi connectivity index (χ4n) is 2.44. The molecule has 0 fully saturated rings. The van der Waals surface area contributed by atoms with Gasteiger partial charge < -0.3 is 10.6 Å². The zero-order valence-electron chi connectivity index (χ0n) is 14.2. The lowest BCUT2D eigenvalue weighted by Gasteiger charge is -2.08. The number of benzene rings is 1. The van der Waals surface area contributed by atoms with E-state index in [1.807, 2.05) is 48.5 Å². The number of carbonyl (C=O) groups is 1. The van der Waals surface area contributed by atoms with Gasteiger partial charge in [-0.15, -0.1) is 0 Å². The zero-order valence-corrected chi connectivity index (χ0v) is 14.9. The van der Waals surface area contributed by atoms with Crippen LogP contribution in [0.4, 0.5) is 5.69 Å². The highest BCUT2D eigenvalue weighted by Crippen LogP contribution is 2.12. The highest BCUT2D eigenvalue weighted by Gasteiger charge is 2.07. The van der Waals surface area contributed by atoms with Crippen molar-refractivity contribution in [3.63, 3.8) is 0 Å². The van der Waals surface area contributed by atoms with Crippen LogP contribution < -0.4 is 10.6 Å². The Hall–Kier alpha value is -2.92. The molecule has 0 radical (unpaired) electrons. The summed E-state index contributed by atoms with van der Waals surface area (Å²) in [7, 11) is 0. The molecule has 26 heavy (non-hydrogen) atoms. The Bertz CT molecular complexity index is 853. The van der Waals surface area contributed by atoms with E-state index in [9.17, 15) is 4.79 Å². The van der Waals surface area contributed by atoms with E-state index >= 15 is 0 Å². The summed E-state index contributed by atoms with van der Waals surface area (Å²) in [6.45, 7) is 1.13. The monoisotopic (exact) mass is 366 g/mol. The summed E-state index contributed by atoms with van der Waals surface area (Å²) in [5.74, 6) is -0.221. The Morgan fingerprint density at radius 2 is 1.96 bits per heavy atom. The predicted octanol–water partition coefficient (Wildman–Crippen LogP) is 3.71. The number of nitrogens with one attached hydrogen (secondary N) is 2. The van der Waals surface area contributed by atoms with Gasteiger partial charge in [-0.3, -0.25) is 9.78 Å². The van der Waals surface area contributed by atoms with Crippen LogP contribution in [0.2, 0.25) is 5.02 Å². The first kappa shape index (κ1) is 17.9. The number of anilines is 1. The Morgan fingerprint density at radius 3 is 2.69 bits per heavy atom. The van der Waals surface area contributed by atoms with Gasteiger partial charge in [-0.25, -0.2) is 4.98 Å². The summed E-state index contributed by atoms with van der Waals surface area (Å²) in [6, 6.07) is 16.9. The van der Waals surface area contributed by atoms with Crippen LogP contribution in [0.1, 0.15) is 21.7 Å². The normalized spacial score (nSPS) is 10.3. The van der Waals surface area contributed by atoms with Crippen molar-refractivity contribution in [2.24, 2.45) is 0 Å². The molecule has 3 aromatic rings. The molecule has 0 atom stereocenters. The largest absolute Gasteiger partial charge is 0.383 e. The maximum atomic E-state index is 12.1. The summed E-state index contributed by atoms with van der Waals surface area (Å²) in [4.78, 5) is 20.5. The fraction of sp³-hybridized carbons (Fsp3) is 0.150. The lowest BCUT2D eigenvalue weighted by atomic mass is 10.1. The third-order valence-corrected chi connectivity index (χ3v) is 4.02. The lowest BCUT2D eigenvalue weighted by molar-refractivity contribution is 0.0945. The van der Waals surface area contributed by atoms with Gasteiger partial charge in [-0.1, -0.05) is 29.8 Å². The molecular weight excluding hydrogens is 348 g/mol. The quantitative estimate of drug-likeness (QED) is 0.668. The number of amides is 1. The molecule has 0 aliphatic carbocycles. The first-order valence-electron chi connectivity index (χ1n) is 8.33. The van der Waals surface area contributed by atoms with Gasteiger partial charge in [0, 0.05) is 17.8 Å². The van der Waals surface area contributed by atoms with Gasteiger partial charge >= 0.3 is 0 Å². The van der Waals surface area contributed by atoms with Gasteiger partial charge in [0.25, 0.3) is 5.91 Å². The van der Waals surface area contributed by atoms with Crippen molar-refractivity contribution < 1.29 is 4.79 Å². The third-order valence-electron chi connectivity index (χ3n) is 3.78. The molecule has 2 heterocycles. The van der Waals surface area contributed by atoms with E-state index < -0.39 is 0 Å². The second kappa shape index (κ2) is 8.97. The molecule has 2 N–H and O–H groups in total. The minimum atomic E-state index is -0.221. The summed E-state index contributed by atoms with van der Waals surface area (Å²) in [5.41, 5.74) is 3.22. The van der Waals surface area contributed by atoms with Gasteiger partial charge in [0.05, 0.1) is 24.1 Å². The summed E-state index contributed by atoms with van der Waals surface area (Å²) in [5, 5.41) is 6.84. The molecule has 1 aromatic carbocycles. The van der Waals surface area contributed by atoms with E-state index in [0.717, 1.165) is 29.4 Å². The number of hydrogen-bond donors (Lipinski definition) is 2. The number of pyridine rings is 2.